The topological polar surface area (TPSA) is 62.4 Å². The van der Waals surface area contributed by atoms with Crippen LogP contribution >= 0.6 is 11.6 Å². The molecule has 1 aromatic carbocycles. The first-order valence-corrected chi connectivity index (χ1v) is 7.36. The van der Waals surface area contributed by atoms with Crippen LogP contribution in [-0.2, 0) is 4.74 Å². The lowest BCUT2D eigenvalue weighted by Gasteiger charge is -2.33. The van der Waals surface area contributed by atoms with E-state index in [1.165, 1.54) is 18.3 Å². The number of ether oxygens (including phenoxy) is 1. The molecule has 0 bridgehead atoms. The molecule has 1 fully saturated rings. The van der Waals surface area contributed by atoms with Gasteiger partial charge in [-0.1, -0.05) is 23.7 Å². The van der Waals surface area contributed by atoms with Gasteiger partial charge in [-0.2, -0.15) is 0 Å². The molecule has 1 aliphatic rings. The lowest BCUT2D eigenvalue weighted by Crippen LogP contribution is -2.42. The number of benzene rings is 1. The van der Waals surface area contributed by atoms with Crippen LogP contribution in [0.4, 0.5) is 0 Å². The average Bonchev–Trinajstić information content (AvgIpc) is 2.56. The maximum absolute atomic E-state index is 12.5. The molecule has 1 saturated heterocycles. The van der Waals surface area contributed by atoms with Gasteiger partial charge in [0, 0.05) is 23.8 Å². The van der Waals surface area contributed by atoms with E-state index in [4.69, 9.17) is 16.3 Å². The molecule has 1 N–H and O–H groups in total. The fraction of sp³-hybridized carbons (Fsp3) is 0.250. The zero-order valence-electron chi connectivity index (χ0n) is 11.8. The van der Waals surface area contributed by atoms with Gasteiger partial charge in [0.05, 0.1) is 18.7 Å². The Labute approximate surface area is 132 Å². The highest BCUT2D eigenvalue weighted by Crippen LogP contribution is 2.24. The molecule has 3 rings (SSSR count). The number of H-pyrrole nitrogens is 1. The summed E-state index contributed by atoms with van der Waals surface area (Å²) in [6.45, 7) is 1.48. The van der Waals surface area contributed by atoms with E-state index in [0.717, 1.165) is 5.56 Å². The Morgan fingerprint density at radius 1 is 1.23 bits per heavy atom. The van der Waals surface area contributed by atoms with Crippen molar-refractivity contribution in [2.24, 2.45) is 0 Å². The Balaban J connectivity index is 1.75. The van der Waals surface area contributed by atoms with Crippen molar-refractivity contribution in [3.8, 4) is 0 Å². The summed E-state index contributed by atoms with van der Waals surface area (Å²) in [4.78, 5) is 27.8. The highest BCUT2D eigenvalue weighted by Gasteiger charge is 2.26. The minimum atomic E-state index is -0.224. The average molecular weight is 319 g/mol. The summed E-state index contributed by atoms with van der Waals surface area (Å²) < 4.78 is 5.74. The first kappa shape index (κ1) is 14.8. The second-order valence-corrected chi connectivity index (χ2v) is 5.54. The van der Waals surface area contributed by atoms with Crippen molar-refractivity contribution in [1.82, 2.24) is 9.88 Å². The van der Waals surface area contributed by atoms with Crippen LogP contribution in [0.1, 0.15) is 22.0 Å². The van der Waals surface area contributed by atoms with Crippen LogP contribution in [0, 0.1) is 0 Å². The van der Waals surface area contributed by atoms with E-state index in [0.29, 0.717) is 30.3 Å². The minimum absolute atomic E-state index is 0.112. The fourth-order valence-corrected chi connectivity index (χ4v) is 2.56. The number of nitrogens with zero attached hydrogens (tertiary/aromatic N) is 1. The van der Waals surface area contributed by atoms with Gasteiger partial charge in [0.2, 0.25) is 5.56 Å². The summed E-state index contributed by atoms with van der Waals surface area (Å²) in [6.07, 6.45) is 1.27. The number of rotatable bonds is 2. The second-order valence-electron chi connectivity index (χ2n) is 5.10. The second kappa shape index (κ2) is 6.34. The first-order chi connectivity index (χ1) is 10.6. The molecule has 1 aliphatic heterocycles. The minimum Gasteiger partial charge on any atom is -0.370 e. The number of halogens is 1. The molecule has 1 amide bonds. The van der Waals surface area contributed by atoms with E-state index in [1.807, 2.05) is 24.3 Å². The van der Waals surface area contributed by atoms with Crippen LogP contribution in [0.2, 0.25) is 5.02 Å². The predicted molar refractivity (Wildman–Crippen MR) is 83.1 cm³/mol. The third kappa shape index (κ3) is 3.21. The Kier molecular flexibility index (Phi) is 4.27. The number of carbonyl (C=O) groups excluding carboxylic acids is 1. The molecule has 114 valence electrons. The third-order valence-corrected chi connectivity index (χ3v) is 3.88. The number of carbonyl (C=O) groups is 1. The standard InChI is InChI=1S/C16H15ClN2O3/c17-13-4-1-11(2-5-13)14-10-19(7-8-22-14)16(21)12-3-6-15(20)18-9-12/h1-6,9,14H,7-8,10H2,(H,18,20). The summed E-state index contributed by atoms with van der Waals surface area (Å²) in [5, 5.41) is 0.667. The van der Waals surface area contributed by atoms with Crippen molar-refractivity contribution in [2.45, 2.75) is 6.10 Å². The molecular formula is C16H15ClN2O3. The Hall–Kier alpha value is -2.11. The van der Waals surface area contributed by atoms with E-state index < -0.39 is 0 Å². The summed E-state index contributed by atoms with van der Waals surface area (Å²) in [5.74, 6) is -0.112. The summed E-state index contributed by atoms with van der Waals surface area (Å²) in [6, 6.07) is 10.3. The lowest BCUT2D eigenvalue weighted by atomic mass is 10.1. The number of hydrogen-bond acceptors (Lipinski definition) is 3. The molecule has 5 nitrogen and oxygen atoms in total. The highest BCUT2D eigenvalue weighted by molar-refractivity contribution is 6.30. The van der Waals surface area contributed by atoms with Gasteiger partial charge >= 0.3 is 0 Å². The number of morpholine rings is 1. The molecule has 0 radical (unpaired) electrons. The zero-order valence-corrected chi connectivity index (χ0v) is 12.5. The molecule has 0 aliphatic carbocycles. The number of hydrogen-bond donors (Lipinski definition) is 1. The highest BCUT2D eigenvalue weighted by atomic mass is 35.5. The SMILES string of the molecule is O=C(c1ccc(=O)[nH]c1)N1CCOC(c2ccc(Cl)cc2)C1. The van der Waals surface area contributed by atoms with Crippen molar-refractivity contribution >= 4 is 17.5 Å². The first-order valence-electron chi connectivity index (χ1n) is 6.98. The molecule has 0 spiro atoms. The maximum Gasteiger partial charge on any atom is 0.255 e. The van der Waals surface area contributed by atoms with Gasteiger partial charge < -0.3 is 14.6 Å². The van der Waals surface area contributed by atoms with Crippen LogP contribution in [0.25, 0.3) is 0 Å². The quantitative estimate of drug-likeness (QED) is 0.923. The van der Waals surface area contributed by atoms with E-state index >= 15 is 0 Å². The van der Waals surface area contributed by atoms with Crippen LogP contribution < -0.4 is 5.56 Å². The molecule has 0 saturated carbocycles. The zero-order chi connectivity index (χ0) is 15.5. The van der Waals surface area contributed by atoms with Gasteiger partial charge in [0.1, 0.15) is 6.10 Å². The van der Waals surface area contributed by atoms with Crippen LogP contribution in [-0.4, -0.2) is 35.5 Å². The number of aromatic nitrogens is 1. The maximum atomic E-state index is 12.5. The molecule has 1 atom stereocenters. The van der Waals surface area contributed by atoms with Crippen molar-refractivity contribution in [3.05, 3.63) is 69.1 Å². The van der Waals surface area contributed by atoms with Crippen molar-refractivity contribution in [1.29, 1.82) is 0 Å². The van der Waals surface area contributed by atoms with E-state index in [9.17, 15) is 9.59 Å². The largest absolute Gasteiger partial charge is 0.370 e. The smallest absolute Gasteiger partial charge is 0.255 e. The van der Waals surface area contributed by atoms with E-state index in [2.05, 4.69) is 4.98 Å². The molecule has 1 aromatic heterocycles. The normalized spacial score (nSPS) is 18.2. The van der Waals surface area contributed by atoms with E-state index in [1.54, 1.807) is 4.90 Å². The molecule has 6 heteroatoms. The van der Waals surface area contributed by atoms with Crippen LogP contribution in [0.3, 0.4) is 0 Å². The van der Waals surface area contributed by atoms with Gasteiger partial charge in [0.15, 0.2) is 0 Å². The van der Waals surface area contributed by atoms with Crippen molar-refractivity contribution < 1.29 is 9.53 Å². The van der Waals surface area contributed by atoms with Gasteiger partial charge in [-0.15, -0.1) is 0 Å². The molecule has 1 unspecified atom stereocenters. The van der Waals surface area contributed by atoms with Gasteiger partial charge in [0.25, 0.3) is 5.91 Å². The summed E-state index contributed by atoms with van der Waals surface area (Å²) in [5.41, 5.74) is 1.23. The Morgan fingerprint density at radius 2 is 2.00 bits per heavy atom. The summed E-state index contributed by atoms with van der Waals surface area (Å²) >= 11 is 5.89. The number of amides is 1. The number of nitrogens with one attached hydrogen (secondary N) is 1. The Bertz CT molecular complexity index is 706. The molecule has 2 aromatic rings. The van der Waals surface area contributed by atoms with Crippen LogP contribution in [0.5, 0.6) is 0 Å². The van der Waals surface area contributed by atoms with Gasteiger partial charge in [-0.3, -0.25) is 9.59 Å². The molecular weight excluding hydrogens is 304 g/mol. The third-order valence-electron chi connectivity index (χ3n) is 3.63. The predicted octanol–water partition coefficient (Wildman–Crippen LogP) is 2.24. The number of aromatic amines is 1. The number of pyridine rings is 1. The van der Waals surface area contributed by atoms with Crippen LogP contribution in [0.15, 0.2) is 47.4 Å². The monoisotopic (exact) mass is 318 g/mol. The van der Waals surface area contributed by atoms with Gasteiger partial charge in [-0.05, 0) is 23.8 Å². The molecule has 2 heterocycles. The Morgan fingerprint density at radius 3 is 2.68 bits per heavy atom. The van der Waals surface area contributed by atoms with Crippen molar-refractivity contribution in [2.75, 3.05) is 19.7 Å². The fourth-order valence-electron chi connectivity index (χ4n) is 2.44. The van der Waals surface area contributed by atoms with E-state index in [-0.39, 0.29) is 17.6 Å². The molecule has 22 heavy (non-hydrogen) atoms. The summed E-state index contributed by atoms with van der Waals surface area (Å²) in [7, 11) is 0. The van der Waals surface area contributed by atoms with Crippen molar-refractivity contribution in [3.63, 3.8) is 0 Å². The lowest BCUT2D eigenvalue weighted by molar-refractivity contribution is -0.0228. The van der Waals surface area contributed by atoms with Gasteiger partial charge in [-0.25, -0.2) is 0 Å².